The van der Waals surface area contributed by atoms with Crippen LogP contribution in [0.2, 0.25) is 0 Å². The molecule has 5 heteroatoms. The quantitative estimate of drug-likeness (QED) is 0.839. The predicted molar refractivity (Wildman–Crippen MR) is 76.0 cm³/mol. The minimum atomic E-state index is 0.113. The Morgan fingerprint density at radius 1 is 1.20 bits per heavy atom. The predicted octanol–water partition coefficient (Wildman–Crippen LogP) is 2.19. The number of aliphatic hydroxyl groups excluding tert-OH is 1. The summed E-state index contributed by atoms with van der Waals surface area (Å²) in [5.74, 6) is 1.55. The van der Waals surface area contributed by atoms with E-state index in [1.54, 1.807) is 0 Å². The van der Waals surface area contributed by atoms with Gasteiger partial charge in [0.2, 0.25) is 5.89 Å². The van der Waals surface area contributed by atoms with E-state index in [9.17, 15) is 5.11 Å². The van der Waals surface area contributed by atoms with Crippen LogP contribution in [-0.2, 0) is 13.1 Å². The average Bonchev–Trinajstić information content (AvgIpc) is 2.89. The molecule has 1 aromatic heterocycles. The maximum atomic E-state index is 9.18. The average molecular weight is 275 g/mol. The van der Waals surface area contributed by atoms with E-state index in [2.05, 4.69) is 27.2 Å². The molecule has 0 aliphatic carbocycles. The highest BCUT2D eigenvalue weighted by atomic mass is 16.5. The van der Waals surface area contributed by atoms with Crippen molar-refractivity contribution in [1.29, 1.82) is 0 Å². The first-order valence-corrected chi connectivity index (χ1v) is 6.88. The molecule has 0 saturated carbocycles. The Balaban J connectivity index is 2.01. The van der Waals surface area contributed by atoms with Crippen molar-refractivity contribution in [3.63, 3.8) is 0 Å². The zero-order valence-electron chi connectivity index (χ0n) is 12.0. The van der Waals surface area contributed by atoms with Crippen LogP contribution in [0, 0.1) is 0 Å². The highest BCUT2D eigenvalue weighted by Crippen LogP contribution is 2.13. The summed E-state index contributed by atoms with van der Waals surface area (Å²) in [5.41, 5.74) is 1.20. The van der Waals surface area contributed by atoms with E-state index < -0.39 is 0 Å². The zero-order valence-corrected chi connectivity index (χ0v) is 12.0. The number of hydrogen-bond acceptors (Lipinski definition) is 5. The molecule has 20 heavy (non-hydrogen) atoms. The number of aliphatic hydroxyl groups is 1. The minimum Gasteiger partial charge on any atom is -0.395 e. The van der Waals surface area contributed by atoms with Gasteiger partial charge in [-0.3, -0.25) is 4.90 Å². The molecule has 0 aliphatic heterocycles. The van der Waals surface area contributed by atoms with Gasteiger partial charge in [-0.05, 0) is 5.56 Å². The minimum absolute atomic E-state index is 0.113. The van der Waals surface area contributed by atoms with E-state index in [4.69, 9.17) is 4.52 Å². The number of aromatic nitrogens is 2. The largest absolute Gasteiger partial charge is 0.395 e. The van der Waals surface area contributed by atoms with Gasteiger partial charge in [0.25, 0.3) is 0 Å². The Bertz CT molecular complexity index is 511. The molecule has 0 radical (unpaired) electrons. The smallest absolute Gasteiger partial charge is 0.229 e. The van der Waals surface area contributed by atoms with E-state index in [1.807, 2.05) is 32.0 Å². The fourth-order valence-electron chi connectivity index (χ4n) is 1.96. The van der Waals surface area contributed by atoms with Crippen LogP contribution < -0.4 is 0 Å². The second-order valence-electron chi connectivity index (χ2n) is 5.12. The fraction of sp³-hybridized carbons (Fsp3) is 0.467. The summed E-state index contributed by atoms with van der Waals surface area (Å²) in [4.78, 5) is 6.47. The van der Waals surface area contributed by atoms with Gasteiger partial charge >= 0.3 is 0 Å². The van der Waals surface area contributed by atoms with Crippen molar-refractivity contribution in [3.05, 3.63) is 47.6 Å². The molecule has 5 nitrogen and oxygen atoms in total. The standard InChI is InChI=1S/C15H21N3O2/c1-12(2)15-16-14(17-20-15)11-18(8-9-19)10-13-6-4-3-5-7-13/h3-7,12,19H,8-11H2,1-2H3. The first-order valence-electron chi connectivity index (χ1n) is 6.88. The lowest BCUT2D eigenvalue weighted by atomic mass is 10.2. The molecular formula is C15H21N3O2. The van der Waals surface area contributed by atoms with Crippen LogP contribution in [0.5, 0.6) is 0 Å². The molecular weight excluding hydrogens is 254 g/mol. The molecule has 1 heterocycles. The molecule has 0 bridgehead atoms. The van der Waals surface area contributed by atoms with Crippen LogP contribution in [0.25, 0.3) is 0 Å². The summed E-state index contributed by atoms with van der Waals surface area (Å²) in [7, 11) is 0. The molecule has 1 aromatic carbocycles. The van der Waals surface area contributed by atoms with Gasteiger partial charge in [0.1, 0.15) is 0 Å². The van der Waals surface area contributed by atoms with E-state index in [1.165, 1.54) is 5.56 Å². The van der Waals surface area contributed by atoms with E-state index in [-0.39, 0.29) is 12.5 Å². The van der Waals surface area contributed by atoms with Crippen LogP contribution >= 0.6 is 0 Å². The molecule has 0 fully saturated rings. The first kappa shape index (κ1) is 14.7. The SMILES string of the molecule is CC(C)c1nc(CN(CCO)Cc2ccccc2)no1. The Morgan fingerprint density at radius 2 is 1.95 bits per heavy atom. The van der Waals surface area contributed by atoms with E-state index in [0.29, 0.717) is 24.8 Å². The van der Waals surface area contributed by atoms with Crippen LogP contribution in [0.3, 0.4) is 0 Å². The number of rotatable bonds is 7. The third-order valence-electron chi connectivity index (χ3n) is 3.01. The van der Waals surface area contributed by atoms with Crippen molar-refractivity contribution in [1.82, 2.24) is 15.0 Å². The zero-order chi connectivity index (χ0) is 14.4. The molecule has 0 amide bonds. The highest BCUT2D eigenvalue weighted by Gasteiger charge is 2.13. The fourth-order valence-corrected chi connectivity index (χ4v) is 1.96. The molecule has 108 valence electrons. The van der Waals surface area contributed by atoms with Gasteiger partial charge in [-0.15, -0.1) is 0 Å². The summed E-state index contributed by atoms with van der Waals surface area (Å²) < 4.78 is 5.21. The monoisotopic (exact) mass is 275 g/mol. The molecule has 0 atom stereocenters. The normalized spacial score (nSPS) is 11.4. The summed E-state index contributed by atoms with van der Waals surface area (Å²) >= 11 is 0. The summed E-state index contributed by atoms with van der Waals surface area (Å²) in [6.45, 7) is 6.07. The second-order valence-corrected chi connectivity index (χ2v) is 5.12. The molecule has 2 aromatic rings. The van der Waals surface area contributed by atoms with Gasteiger partial charge in [0.15, 0.2) is 5.82 Å². The molecule has 1 N–H and O–H groups in total. The third kappa shape index (κ3) is 4.15. The van der Waals surface area contributed by atoms with Gasteiger partial charge in [-0.2, -0.15) is 4.98 Å². The van der Waals surface area contributed by atoms with Crippen LogP contribution in [0.1, 0.15) is 37.0 Å². The first-order chi connectivity index (χ1) is 9.69. The van der Waals surface area contributed by atoms with Crippen molar-refractivity contribution in [2.24, 2.45) is 0 Å². The molecule has 0 saturated heterocycles. The number of hydrogen-bond donors (Lipinski definition) is 1. The molecule has 0 aliphatic rings. The van der Waals surface area contributed by atoms with Gasteiger partial charge in [0, 0.05) is 19.0 Å². The Morgan fingerprint density at radius 3 is 2.55 bits per heavy atom. The van der Waals surface area contributed by atoms with Crippen molar-refractivity contribution in [3.8, 4) is 0 Å². The van der Waals surface area contributed by atoms with Gasteiger partial charge in [-0.1, -0.05) is 49.3 Å². The summed E-state index contributed by atoms with van der Waals surface area (Å²) in [6.07, 6.45) is 0. The van der Waals surface area contributed by atoms with Crippen molar-refractivity contribution in [2.45, 2.75) is 32.9 Å². The van der Waals surface area contributed by atoms with Gasteiger partial charge in [-0.25, -0.2) is 0 Å². The second kappa shape index (κ2) is 7.17. The van der Waals surface area contributed by atoms with Crippen molar-refractivity contribution < 1.29 is 9.63 Å². The molecule has 0 unspecified atom stereocenters. The maximum Gasteiger partial charge on any atom is 0.229 e. The number of nitrogens with zero attached hydrogens (tertiary/aromatic N) is 3. The lowest BCUT2D eigenvalue weighted by Gasteiger charge is -2.19. The van der Waals surface area contributed by atoms with Crippen molar-refractivity contribution in [2.75, 3.05) is 13.2 Å². The lowest BCUT2D eigenvalue weighted by Crippen LogP contribution is -2.26. The van der Waals surface area contributed by atoms with Gasteiger partial charge in [0.05, 0.1) is 13.2 Å². The molecule has 0 spiro atoms. The van der Waals surface area contributed by atoms with Crippen LogP contribution in [0.15, 0.2) is 34.9 Å². The number of benzene rings is 1. The molecule has 2 rings (SSSR count). The Kier molecular flexibility index (Phi) is 5.26. The van der Waals surface area contributed by atoms with Crippen LogP contribution in [-0.4, -0.2) is 33.3 Å². The summed E-state index contributed by atoms with van der Waals surface area (Å²) in [6, 6.07) is 10.2. The third-order valence-corrected chi connectivity index (χ3v) is 3.01. The van der Waals surface area contributed by atoms with Gasteiger partial charge < -0.3 is 9.63 Å². The van der Waals surface area contributed by atoms with Crippen molar-refractivity contribution >= 4 is 0 Å². The summed E-state index contributed by atoms with van der Waals surface area (Å²) in [5, 5.41) is 13.2. The maximum absolute atomic E-state index is 9.18. The van der Waals surface area contributed by atoms with E-state index in [0.717, 1.165) is 6.54 Å². The lowest BCUT2D eigenvalue weighted by molar-refractivity contribution is 0.179. The Labute approximate surface area is 119 Å². The van der Waals surface area contributed by atoms with E-state index >= 15 is 0 Å². The Hall–Kier alpha value is -1.72. The highest BCUT2D eigenvalue weighted by molar-refractivity contribution is 5.14. The topological polar surface area (TPSA) is 62.4 Å². The van der Waals surface area contributed by atoms with Crippen LogP contribution in [0.4, 0.5) is 0 Å².